The second kappa shape index (κ2) is 10.5. The minimum Gasteiger partial charge on any atom is -0.378 e. The zero-order chi connectivity index (χ0) is 26.4. The summed E-state index contributed by atoms with van der Waals surface area (Å²) in [5.41, 5.74) is 1.03. The Morgan fingerprint density at radius 2 is 1.62 bits per heavy atom. The summed E-state index contributed by atoms with van der Waals surface area (Å²) < 4.78 is 0. The number of rotatable bonds is 5. The molecule has 0 amide bonds. The minimum atomic E-state index is -0.844. The Morgan fingerprint density at radius 3 is 2.35 bits per heavy atom. The molecular formula is C35H51ClO. The molecule has 0 aliphatic heterocycles. The summed E-state index contributed by atoms with van der Waals surface area (Å²) in [7, 11) is 0. The van der Waals surface area contributed by atoms with Crippen molar-refractivity contribution < 1.29 is 5.11 Å². The van der Waals surface area contributed by atoms with Crippen LogP contribution in [0.1, 0.15) is 117 Å². The molecule has 1 nitrogen and oxygen atoms in total. The molecule has 0 aromatic heterocycles. The van der Waals surface area contributed by atoms with Gasteiger partial charge in [0.15, 0.2) is 0 Å². The third-order valence-corrected chi connectivity index (χ3v) is 12.5. The van der Waals surface area contributed by atoms with Crippen LogP contribution in [-0.2, 0) is 0 Å². The van der Waals surface area contributed by atoms with Crippen LogP contribution in [0.5, 0.6) is 0 Å². The van der Waals surface area contributed by atoms with Crippen molar-refractivity contribution in [3.8, 4) is 11.8 Å². The predicted molar refractivity (Wildman–Crippen MR) is 156 cm³/mol. The Morgan fingerprint density at radius 1 is 0.892 bits per heavy atom. The van der Waals surface area contributed by atoms with Crippen molar-refractivity contribution in [2.45, 2.75) is 117 Å². The molecule has 0 bridgehead atoms. The molecular weight excluding hydrogens is 472 g/mol. The lowest BCUT2D eigenvalue weighted by molar-refractivity contribution is -0.140. The van der Waals surface area contributed by atoms with Gasteiger partial charge in [0.1, 0.15) is 5.60 Å². The number of hydrogen-bond acceptors (Lipinski definition) is 1. The van der Waals surface area contributed by atoms with E-state index in [4.69, 9.17) is 11.6 Å². The number of halogens is 1. The zero-order valence-corrected chi connectivity index (χ0v) is 24.9. The van der Waals surface area contributed by atoms with E-state index in [1.54, 1.807) is 0 Å². The first-order valence-electron chi connectivity index (χ1n) is 15.6. The smallest absolute Gasteiger partial charge is 0.126 e. The van der Waals surface area contributed by atoms with Gasteiger partial charge in [0.05, 0.1) is 0 Å². The molecule has 0 spiro atoms. The molecule has 9 atom stereocenters. The van der Waals surface area contributed by atoms with E-state index in [-0.39, 0.29) is 0 Å². The molecule has 0 heterocycles. The van der Waals surface area contributed by atoms with E-state index in [9.17, 15) is 5.11 Å². The van der Waals surface area contributed by atoms with E-state index in [1.807, 2.05) is 24.3 Å². The SMILES string of the molecule is CC(C)CCC[C@H](C)[C@H]1CC[C@@H]2[C@H]3CC[C@@H]4C[C@](O)(C#Cc5ccc(Cl)cc5)CC[C@]4(C)[C@H]3CC[C@@]21C. The van der Waals surface area contributed by atoms with E-state index in [0.29, 0.717) is 16.7 Å². The Kier molecular flexibility index (Phi) is 7.86. The maximum atomic E-state index is 11.5. The van der Waals surface area contributed by atoms with Gasteiger partial charge in [0, 0.05) is 10.6 Å². The van der Waals surface area contributed by atoms with Crippen LogP contribution in [0.15, 0.2) is 24.3 Å². The van der Waals surface area contributed by atoms with E-state index in [1.165, 1.54) is 57.8 Å². The minimum absolute atomic E-state index is 0.374. The van der Waals surface area contributed by atoms with Gasteiger partial charge in [-0.05, 0) is 134 Å². The number of hydrogen-bond donors (Lipinski definition) is 1. The first-order chi connectivity index (χ1) is 17.5. The number of benzene rings is 1. The highest BCUT2D eigenvalue weighted by atomic mass is 35.5. The van der Waals surface area contributed by atoms with Crippen LogP contribution >= 0.6 is 11.6 Å². The Bertz CT molecular complexity index is 1000. The highest BCUT2D eigenvalue weighted by Gasteiger charge is 2.61. The van der Waals surface area contributed by atoms with E-state index in [0.717, 1.165) is 65.4 Å². The fraction of sp³-hybridized carbons (Fsp3) is 0.771. The van der Waals surface area contributed by atoms with Crippen molar-refractivity contribution in [3.63, 3.8) is 0 Å². The van der Waals surface area contributed by atoms with Crippen LogP contribution in [-0.4, -0.2) is 10.7 Å². The lowest BCUT2D eigenvalue weighted by Crippen LogP contribution is -2.55. The fourth-order valence-electron chi connectivity index (χ4n) is 10.1. The van der Waals surface area contributed by atoms with Gasteiger partial charge in [0.2, 0.25) is 0 Å². The average molecular weight is 523 g/mol. The molecule has 204 valence electrons. The van der Waals surface area contributed by atoms with E-state index < -0.39 is 5.60 Å². The van der Waals surface area contributed by atoms with Gasteiger partial charge in [-0.2, -0.15) is 0 Å². The van der Waals surface area contributed by atoms with Gasteiger partial charge in [-0.25, -0.2) is 0 Å². The summed E-state index contributed by atoms with van der Waals surface area (Å²) in [6.07, 6.45) is 15.5. The van der Waals surface area contributed by atoms with Crippen molar-refractivity contribution in [1.29, 1.82) is 0 Å². The van der Waals surface area contributed by atoms with Crippen LogP contribution in [0.2, 0.25) is 5.02 Å². The maximum absolute atomic E-state index is 11.5. The Hall–Kier alpha value is -0.970. The summed E-state index contributed by atoms with van der Waals surface area (Å²) in [6, 6.07) is 7.67. The summed E-state index contributed by atoms with van der Waals surface area (Å²) >= 11 is 6.03. The molecule has 2 heteroatoms. The van der Waals surface area contributed by atoms with E-state index >= 15 is 0 Å². The summed E-state index contributed by atoms with van der Waals surface area (Å²) in [5, 5.41) is 12.3. The Labute approximate surface area is 232 Å². The Balaban J connectivity index is 1.26. The third-order valence-electron chi connectivity index (χ3n) is 12.2. The molecule has 4 aliphatic carbocycles. The molecule has 5 rings (SSSR count). The van der Waals surface area contributed by atoms with Crippen LogP contribution in [0.25, 0.3) is 0 Å². The topological polar surface area (TPSA) is 20.2 Å². The van der Waals surface area contributed by atoms with Crippen molar-refractivity contribution in [2.75, 3.05) is 0 Å². The second-order valence-corrected chi connectivity index (χ2v) is 15.1. The maximum Gasteiger partial charge on any atom is 0.126 e. The zero-order valence-electron chi connectivity index (χ0n) is 24.2. The predicted octanol–water partition coefficient (Wildman–Crippen LogP) is 9.54. The highest BCUT2D eigenvalue weighted by molar-refractivity contribution is 6.30. The number of aliphatic hydroxyl groups is 1. The van der Waals surface area contributed by atoms with Gasteiger partial charge in [-0.3, -0.25) is 0 Å². The average Bonchev–Trinajstić information content (AvgIpc) is 3.21. The molecule has 0 saturated heterocycles. The van der Waals surface area contributed by atoms with Crippen molar-refractivity contribution in [2.24, 2.45) is 52.3 Å². The third kappa shape index (κ3) is 5.29. The summed E-state index contributed by atoms with van der Waals surface area (Å²) in [5.74, 6) is 12.5. The summed E-state index contributed by atoms with van der Waals surface area (Å²) in [4.78, 5) is 0. The van der Waals surface area contributed by atoms with Gasteiger partial charge >= 0.3 is 0 Å². The van der Waals surface area contributed by atoms with Crippen LogP contribution < -0.4 is 0 Å². The molecule has 1 aromatic carbocycles. The molecule has 4 fully saturated rings. The number of fused-ring (bicyclic) bond motifs is 5. The molecule has 37 heavy (non-hydrogen) atoms. The molecule has 0 unspecified atom stereocenters. The van der Waals surface area contributed by atoms with Gasteiger partial charge in [-0.1, -0.05) is 77.3 Å². The normalized spacial score (nSPS) is 41.8. The molecule has 4 saturated carbocycles. The molecule has 4 aliphatic rings. The van der Waals surface area contributed by atoms with Gasteiger partial charge in [-0.15, -0.1) is 0 Å². The lowest BCUT2D eigenvalue weighted by atomic mass is 9.43. The second-order valence-electron chi connectivity index (χ2n) is 14.7. The van der Waals surface area contributed by atoms with Crippen LogP contribution in [0, 0.1) is 64.1 Å². The first kappa shape index (κ1) is 27.6. The monoisotopic (exact) mass is 522 g/mol. The van der Waals surface area contributed by atoms with Crippen LogP contribution in [0.3, 0.4) is 0 Å². The quantitative estimate of drug-likeness (QED) is 0.381. The first-order valence-corrected chi connectivity index (χ1v) is 15.9. The van der Waals surface area contributed by atoms with Crippen molar-refractivity contribution in [3.05, 3.63) is 34.9 Å². The molecule has 1 N–H and O–H groups in total. The molecule has 0 radical (unpaired) electrons. The van der Waals surface area contributed by atoms with Crippen molar-refractivity contribution >= 4 is 11.6 Å². The van der Waals surface area contributed by atoms with Crippen LogP contribution in [0.4, 0.5) is 0 Å². The van der Waals surface area contributed by atoms with Crippen molar-refractivity contribution in [1.82, 2.24) is 0 Å². The van der Waals surface area contributed by atoms with Gasteiger partial charge < -0.3 is 5.11 Å². The highest BCUT2D eigenvalue weighted by Crippen LogP contribution is 2.68. The van der Waals surface area contributed by atoms with Gasteiger partial charge in [0.25, 0.3) is 0 Å². The molecule has 1 aromatic rings. The lowest BCUT2D eigenvalue weighted by Gasteiger charge is -2.62. The van der Waals surface area contributed by atoms with E-state index in [2.05, 4.69) is 46.5 Å². The summed E-state index contributed by atoms with van der Waals surface area (Å²) in [6.45, 7) is 12.6. The standard InChI is InChI=1S/C35H51ClO/c1-24(2)7-6-8-25(3)30-15-16-31-29-14-11-27-23-35(37,20-17-26-9-12-28(36)13-10-26)22-21-33(27,4)32(29)18-19-34(30,31)5/h9-10,12-13,24-25,27,29-32,37H,6-8,11,14-16,18-19,21-23H2,1-5H3/t25-,27+,29+,30+,31+,32-,33-,34+,35-/m0/s1. The largest absolute Gasteiger partial charge is 0.378 e. The fourth-order valence-corrected chi connectivity index (χ4v) is 10.2.